The van der Waals surface area contributed by atoms with Crippen LogP contribution in [0.1, 0.15) is 29.6 Å². The predicted octanol–water partition coefficient (Wildman–Crippen LogP) is 1.74. The number of thioether (sulfide) groups is 1. The molecule has 1 aromatic rings. The molecule has 0 radical (unpaired) electrons. The van der Waals surface area contributed by atoms with E-state index in [9.17, 15) is 15.0 Å². The lowest BCUT2D eigenvalue weighted by atomic mass is 9.86. The van der Waals surface area contributed by atoms with Crippen LogP contribution in [-0.4, -0.2) is 58.3 Å². The number of hydrogen-bond acceptors (Lipinski definition) is 6. The van der Waals surface area contributed by atoms with Crippen molar-refractivity contribution in [2.24, 2.45) is 5.92 Å². The minimum atomic E-state index is -1.01. The van der Waals surface area contributed by atoms with Gasteiger partial charge in [0.2, 0.25) is 0 Å². The van der Waals surface area contributed by atoms with Gasteiger partial charge in [-0.3, -0.25) is 0 Å². The number of hydrogen-bond donors (Lipinski definition) is 3. The molecule has 3 aliphatic rings. The van der Waals surface area contributed by atoms with Crippen molar-refractivity contribution in [3.05, 3.63) is 29.8 Å². The van der Waals surface area contributed by atoms with Crippen molar-refractivity contribution in [1.82, 2.24) is 0 Å². The molecule has 0 spiro atoms. The molecule has 0 saturated carbocycles. The lowest BCUT2D eigenvalue weighted by Crippen LogP contribution is -2.55. The Labute approximate surface area is 144 Å². The molecule has 3 saturated heterocycles. The first kappa shape index (κ1) is 17.7. The summed E-state index contributed by atoms with van der Waals surface area (Å²) in [4.78, 5) is 11.8. The van der Waals surface area contributed by atoms with Gasteiger partial charge in [0.15, 0.2) is 6.29 Å². The number of fused-ring (bicyclic) bond motifs is 6. The van der Waals surface area contributed by atoms with Crippen molar-refractivity contribution in [1.29, 1.82) is 0 Å². The summed E-state index contributed by atoms with van der Waals surface area (Å²) in [6.07, 6.45) is -0.237. The quantitative estimate of drug-likeness (QED) is 0.709. The highest BCUT2D eigenvalue weighted by Crippen LogP contribution is 2.35. The molecule has 4 rings (SSSR count). The van der Waals surface area contributed by atoms with Crippen LogP contribution in [0.3, 0.4) is 0 Å². The van der Waals surface area contributed by atoms with Gasteiger partial charge in [0.1, 0.15) is 6.10 Å². The average molecular weight is 354 g/mol. The van der Waals surface area contributed by atoms with Gasteiger partial charge in [-0.1, -0.05) is 6.42 Å². The van der Waals surface area contributed by atoms with Gasteiger partial charge in [-0.2, -0.15) is 0 Å². The highest BCUT2D eigenvalue weighted by atomic mass is 32.2. The molecule has 3 heterocycles. The third-order valence-corrected chi connectivity index (χ3v) is 5.68. The second-order valence-corrected chi connectivity index (χ2v) is 7.29. The van der Waals surface area contributed by atoms with Gasteiger partial charge in [-0.15, -0.1) is 11.8 Å². The number of aromatic carboxylic acids is 1. The number of carboxylic acid groups (broad SMARTS) is 1. The molecule has 3 fully saturated rings. The Morgan fingerprint density at radius 2 is 1.92 bits per heavy atom. The van der Waals surface area contributed by atoms with E-state index in [1.165, 1.54) is 0 Å². The van der Waals surface area contributed by atoms with Crippen LogP contribution < -0.4 is 0 Å². The van der Waals surface area contributed by atoms with E-state index in [0.29, 0.717) is 12.4 Å². The van der Waals surface area contributed by atoms with Crippen LogP contribution in [-0.2, 0) is 9.47 Å². The molecule has 0 aliphatic carbocycles. The first-order chi connectivity index (χ1) is 11.6. The van der Waals surface area contributed by atoms with E-state index >= 15 is 0 Å². The largest absolute Gasteiger partial charge is 0.478 e. The van der Waals surface area contributed by atoms with Gasteiger partial charge in [0, 0.05) is 23.2 Å². The Morgan fingerprint density at radius 1 is 1.17 bits per heavy atom. The fourth-order valence-electron chi connectivity index (χ4n) is 3.20. The van der Waals surface area contributed by atoms with Gasteiger partial charge in [-0.25, -0.2) is 4.79 Å². The van der Waals surface area contributed by atoms with Crippen LogP contribution in [0.25, 0.3) is 0 Å². The van der Waals surface area contributed by atoms with Crippen molar-refractivity contribution in [2.75, 3.05) is 12.4 Å². The van der Waals surface area contributed by atoms with E-state index in [1.54, 1.807) is 36.0 Å². The first-order valence-corrected chi connectivity index (χ1v) is 9.14. The SMILES string of the molecule is O=C(O)c1ccc(SCC2OC3OCCCCC2C(O)C3O)cc1. The fourth-order valence-corrected chi connectivity index (χ4v) is 4.21. The van der Waals surface area contributed by atoms with Crippen LogP contribution in [0.2, 0.25) is 0 Å². The van der Waals surface area contributed by atoms with Crippen molar-refractivity contribution in [3.8, 4) is 0 Å². The zero-order valence-electron chi connectivity index (χ0n) is 13.2. The van der Waals surface area contributed by atoms with Crippen LogP contribution >= 0.6 is 11.8 Å². The smallest absolute Gasteiger partial charge is 0.335 e. The van der Waals surface area contributed by atoms with Gasteiger partial charge >= 0.3 is 5.97 Å². The molecule has 3 N–H and O–H groups in total. The molecule has 7 heteroatoms. The standard InChI is InChI=1S/C17H22O6S/c18-14-12-3-1-2-8-22-17(15(14)19)23-13(12)9-24-11-6-4-10(5-7-11)16(20)21/h4-7,12-15,17-19H,1-3,8-9H2,(H,20,21). The maximum Gasteiger partial charge on any atom is 0.335 e. The minimum absolute atomic E-state index is 0.122. The summed E-state index contributed by atoms with van der Waals surface area (Å²) < 4.78 is 11.4. The maximum atomic E-state index is 10.9. The van der Waals surface area contributed by atoms with Crippen molar-refractivity contribution in [2.45, 2.75) is 48.8 Å². The molecule has 6 nitrogen and oxygen atoms in total. The molecule has 1 aromatic carbocycles. The van der Waals surface area contributed by atoms with E-state index in [4.69, 9.17) is 14.6 Å². The summed E-state index contributed by atoms with van der Waals surface area (Å²) in [6, 6.07) is 6.68. The van der Waals surface area contributed by atoms with E-state index in [1.807, 2.05) is 0 Å². The topological polar surface area (TPSA) is 96.2 Å². The zero-order valence-corrected chi connectivity index (χ0v) is 14.0. The average Bonchev–Trinajstić information content (AvgIpc) is 2.72. The second-order valence-electron chi connectivity index (χ2n) is 6.20. The second kappa shape index (κ2) is 7.84. The van der Waals surface area contributed by atoms with Crippen molar-refractivity contribution >= 4 is 17.7 Å². The molecule has 0 aromatic heterocycles. The number of aliphatic hydroxyl groups excluding tert-OH is 2. The Bertz CT molecular complexity index is 561. The van der Waals surface area contributed by atoms with Gasteiger partial charge in [0.25, 0.3) is 0 Å². The highest BCUT2D eigenvalue weighted by Gasteiger charge is 2.45. The lowest BCUT2D eigenvalue weighted by molar-refractivity contribution is -0.277. The van der Waals surface area contributed by atoms with Gasteiger partial charge < -0.3 is 24.8 Å². The lowest BCUT2D eigenvalue weighted by Gasteiger charge is -2.42. The molecule has 3 aliphatic heterocycles. The molecular formula is C17H22O6S. The summed E-state index contributed by atoms with van der Waals surface area (Å²) in [7, 11) is 0. The van der Waals surface area contributed by atoms with E-state index in [0.717, 1.165) is 24.2 Å². The molecule has 5 atom stereocenters. The number of carboxylic acids is 1. The molecule has 0 amide bonds. The third-order valence-electron chi connectivity index (χ3n) is 4.58. The Hall–Kier alpha value is -1.12. The summed E-state index contributed by atoms with van der Waals surface area (Å²) in [5.41, 5.74) is 0.254. The molecule has 132 valence electrons. The van der Waals surface area contributed by atoms with E-state index in [2.05, 4.69) is 0 Å². The van der Waals surface area contributed by atoms with Crippen molar-refractivity contribution < 1.29 is 29.6 Å². The normalized spacial score (nSPS) is 33.5. The molecule has 24 heavy (non-hydrogen) atoms. The Balaban J connectivity index is 1.66. The summed E-state index contributed by atoms with van der Waals surface area (Å²) in [5, 5.41) is 29.4. The number of benzene rings is 1. The fraction of sp³-hybridized carbons (Fsp3) is 0.588. The molecular weight excluding hydrogens is 332 g/mol. The zero-order chi connectivity index (χ0) is 17.1. The third kappa shape index (κ3) is 3.92. The first-order valence-electron chi connectivity index (χ1n) is 8.15. The highest BCUT2D eigenvalue weighted by molar-refractivity contribution is 7.99. The van der Waals surface area contributed by atoms with Crippen molar-refractivity contribution in [3.63, 3.8) is 0 Å². The van der Waals surface area contributed by atoms with Crippen LogP contribution in [0, 0.1) is 5.92 Å². The minimum Gasteiger partial charge on any atom is -0.478 e. The van der Waals surface area contributed by atoms with Crippen LogP contribution in [0.5, 0.6) is 0 Å². The maximum absolute atomic E-state index is 10.9. The Kier molecular flexibility index (Phi) is 5.78. The van der Waals surface area contributed by atoms with E-state index < -0.39 is 24.5 Å². The number of ether oxygens (including phenoxy) is 2. The van der Waals surface area contributed by atoms with Crippen LogP contribution in [0.4, 0.5) is 0 Å². The number of aliphatic hydroxyl groups is 2. The Morgan fingerprint density at radius 3 is 2.62 bits per heavy atom. The monoisotopic (exact) mass is 354 g/mol. The predicted molar refractivity (Wildman–Crippen MR) is 88.1 cm³/mol. The van der Waals surface area contributed by atoms with E-state index in [-0.39, 0.29) is 17.6 Å². The molecule has 5 unspecified atom stereocenters. The van der Waals surface area contributed by atoms with Gasteiger partial charge in [-0.05, 0) is 37.1 Å². The summed E-state index contributed by atoms with van der Waals surface area (Å²) >= 11 is 1.55. The summed E-state index contributed by atoms with van der Waals surface area (Å²) in [5.74, 6) is -0.456. The van der Waals surface area contributed by atoms with Gasteiger partial charge in [0.05, 0.1) is 17.8 Å². The molecule has 2 bridgehead atoms. The number of rotatable bonds is 4. The summed E-state index contributed by atoms with van der Waals surface area (Å²) in [6.45, 7) is 0.525. The number of carbonyl (C=O) groups is 1. The van der Waals surface area contributed by atoms with Crippen LogP contribution in [0.15, 0.2) is 29.2 Å².